The highest BCUT2D eigenvalue weighted by atomic mass is 19.1. The van der Waals surface area contributed by atoms with Gasteiger partial charge in [-0.25, -0.2) is 8.78 Å². The zero-order chi connectivity index (χ0) is 17.4. The molecule has 3 atom stereocenters. The van der Waals surface area contributed by atoms with E-state index in [2.05, 4.69) is 4.90 Å². The van der Waals surface area contributed by atoms with Crippen molar-refractivity contribution in [2.75, 3.05) is 20.3 Å². The number of ether oxygens (including phenoxy) is 2. The Hall–Kier alpha value is -1.04. The third kappa shape index (κ3) is 3.74. The summed E-state index contributed by atoms with van der Waals surface area (Å²) in [6, 6.07) is 4.04. The summed E-state index contributed by atoms with van der Waals surface area (Å²) in [5.41, 5.74) is 0.552. The van der Waals surface area contributed by atoms with E-state index < -0.39 is 11.6 Å². The van der Waals surface area contributed by atoms with Crippen molar-refractivity contribution in [2.24, 2.45) is 5.92 Å². The Morgan fingerprint density at radius 1 is 1.12 bits per heavy atom. The van der Waals surface area contributed by atoms with Crippen LogP contribution in [-0.2, 0) is 16.0 Å². The highest BCUT2D eigenvalue weighted by Gasteiger charge is 2.51. The van der Waals surface area contributed by atoms with Gasteiger partial charge in [0.15, 0.2) is 0 Å². The van der Waals surface area contributed by atoms with Gasteiger partial charge in [-0.15, -0.1) is 0 Å². The Kier molecular flexibility index (Phi) is 4.82. The summed E-state index contributed by atoms with van der Waals surface area (Å²) in [4.78, 5) is 2.32. The van der Waals surface area contributed by atoms with Gasteiger partial charge >= 0.3 is 0 Å². The molecule has 3 fully saturated rings. The molecule has 0 aromatic heterocycles. The predicted molar refractivity (Wildman–Crippen MR) is 91.2 cm³/mol. The summed E-state index contributed by atoms with van der Waals surface area (Å²) < 4.78 is 39.1. The Balaban J connectivity index is 1.46. The second-order valence-electron chi connectivity index (χ2n) is 7.96. The lowest BCUT2D eigenvalue weighted by Crippen LogP contribution is -2.51. The standard InChI is InChI=1S/C20H27F2NO2/c1-24-20-5-4-18(25-13-14-2-3-14)11-19(20)23(7-6-20)12-15-8-16(21)10-17(22)9-15/h8-10,14,18-19H,2-7,11-13H2,1H3/t18-,19-,20+/m0/s1. The first-order valence-corrected chi connectivity index (χ1v) is 9.44. The number of benzene rings is 1. The molecule has 3 nitrogen and oxygen atoms in total. The molecule has 0 unspecified atom stereocenters. The first-order valence-electron chi connectivity index (χ1n) is 9.44. The predicted octanol–water partition coefficient (Wildman–Crippen LogP) is 3.90. The van der Waals surface area contributed by atoms with Crippen molar-refractivity contribution in [2.45, 2.75) is 62.8 Å². The quantitative estimate of drug-likeness (QED) is 0.776. The van der Waals surface area contributed by atoms with Crippen molar-refractivity contribution >= 4 is 0 Å². The fraction of sp³-hybridized carbons (Fsp3) is 0.700. The molecule has 1 heterocycles. The molecule has 1 aliphatic heterocycles. The fourth-order valence-electron chi connectivity index (χ4n) is 4.59. The van der Waals surface area contributed by atoms with E-state index in [1.165, 1.54) is 25.0 Å². The molecule has 0 amide bonds. The van der Waals surface area contributed by atoms with E-state index in [4.69, 9.17) is 9.47 Å². The average molecular weight is 351 g/mol. The largest absolute Gasteiger partial charge is 0.378 e. The van der Waals surface area contributed by atoms with Crippen molar-refractivity contribution < 1.29 is 18.3 Å². The number of methoxy groups -OCH3 is 1. The van der Waals surface area contributed by atoms with Gasteiger partial charge < -0.3 is 9.47 Å². The van der Waals surface area contributed by atoms with Crippen molar-refractivity contribution in [3.05, 3.63) is 35.4 Å². The molecule has 25 heavy (non-hydrogen) atoms. The van der Waals surface area contributed by atoms with Crippen LogP contribution in [0.4, 0.5) is 8.78 Å². The highest BCUT2D eigenvalue weighted by molar-refractivity contribution is 5.19. The molecule has 0 radical (unpaired) electrons. The molecule has 5 heteroatoms. The van der Waals surface area contributed by atoms with Crippen molar-refractivity contribution in [1.29, 1.82) is 0 Å². The normalized spacial score (nSPS) is 32.8. The Bertz CT molecular complexity index is 601. The van der Waals surface area contributed by atoms with Crippen LogP contribution in [0.3, 0.4) is 0 Å². The number of likely N-dealkylation sites (tertiary alicyclic amines) is 1. The first kappa shape index (κ1) is 17.4. The van der Waals surface area contributed by atoms with Gasteiger partial charge in [0.2, 0.25) is 0 Å². The lowest BCUT2D eigenvalue weighted by molar-refractivity contribution is -0.103. The molecule has 1 aromatic carbocycles. The summed E-state index contributed by atoms with van der Waals surface area (Å²) in [6.07, 6.45) is 6.83. The van der Waals surface area contributed by atoms with Crippen LogP contribution in [-0.4, -0.2) is 42.9 Å². The number of hydrogen-bond acceptors (Lipinski definition) is 3. The van der Waals surface area contributed by atoms with Gasteiger partial charge in [0.1, 0.15) is 11.6 Å². The summed E-state index contributed by atoms with van der Waals surface area (Å²) in [6.45, 7) is 2.33. The van der Waals surface area contributed by atoms with Crippen LogP contribution in [0.2, 0.25) is 0 Å². The zero-order valence-electron chi connectivity index (χ0n) is 14.8. The summed E-state index contributed by atoms with van der Waals surface area (Å²) >= 11 is 0. The van der Waals surface area contributed by atoms with E-state index in [0.29, 0.717) is 12.1 Å². The van der Waals surface area contributed by atoms with Crippen molar-refractivity contribution in [1.82, 2.24) is 4.90 Å². The third-order valence-corrected chi connectivity index (χ3v) is 6.22. The topological polar surface area (TPSA) is 21.7 Å². The van der Waals surface area contributed by atoms with Gasteiger partial charge in [-0.2, -0.15) is 0 Å². The molecule has 4 rings (SSSR count). The third-order valence-electron chi connectivity index (χ3n) is 6.22. The van der Waals surface area contributed by atoms with Crippen molar-refractivity contribution in [3.63, 3.8) is 0 Å². The van der Waals surface area contributed by atoms with Crippen LogP contribution in [0.15, 0.2) is 18.2 Å². The maximum Gasteiger partial charge on any atom is 0.126 e. The number of halogens is 2. The van der Waals surface area contributed by atoms with Gasteiger partial charge in [0.05, 0.1) is 11.7 Å². The Morgan fingerprint density at radius 2 is 1.88 bits per heavy atom. The lowest BCUT2D eigenvalue weighted by atomic mass is 9.79. The summed E-state index contributed by atoms with van der Waals surface area (Å²) in [7, 11) is 1.80. The number of rotatable bonds is 6. The van der Waals surface area contributed by atoms with E-state index >= 15 is 0 Å². The molecule has 1 saturated heterocycles. The molecule has 1 aromatic rings. The monoisotopic (exact) mass is 351 g/mol. The number of fused-ring (bicyclic) bond motifs is 1. The van der Waals surface area contributed by atoms with Gasteiger partial charge in [-0.3, -0.25) is 4.90 Å². The average Bonchev–Trinajstić information content (AvgIpc) is 3.35. The SMILES string of the molecule is CO[C@@]12CC[C@H](OCC3CC3)C[C@@H]1N(Cc1cc(F)cc(F)c1)CC2. The Labute approximate surface area is 148 Å². The number of nitrogens with zero attached hydrogens (tertiary/aromatic N) is 1. The minimum atomic E-state index is -0.513. The molecular formula is C20H27F2NO2. The van der Waals surface area contributed by atoms with E-state index in [0.717, 1.165) is 50.8 Å². The molecular weight excluding hydrogens is 324 g/mol. The van der Waals surface area contributed by atoms with Crippen LogP contribution in [0.5, 0.6) is 0 Å². The molecule has 0 N–H and O–H groups in total. The first-order chi connectivity index (χ1) is 12.1. The van der Waals surface area contributed by atoms with Crippen LogP contribution in [0.25, 0.3) is 0 Å². The van der Waals surface area contributed by atoms with Crippen LogP contribution < -0.4 is 0 Å². The highest BCUT2D eigenvalue weighted by Crippen LogP contribution is 2.44. The maximum absolute atomic E-state index is 13.5. The van der Waals surface area contributed by atoms with Crippen LogP contribution in [0.1, 0.15) is 44.1 Å². The molecule has 2 aliphatic carbocycles. The summed E-state index contributed by atoms with van der Waals surface area (Å²) in [5, 5.41) is 0. The molecule has 3 aliphatic rings. The molecule has 138 valence electrons. The van der Waals surface area contributed by atoms with Gasteiger partial charge in [0, 0.05) is 38.9 Å². The van der Waals surface area contributed by atoms with Gasteiger partial charge in [-0.05, 0) is 62.1 Å². The van der Waals surface area contributed by atoms with Crippen molar-refractivity contribution in [3.8, 4) is 0 Å². The molecule has 0 spiro atoms. The van der Waals surface area contributed by atoms with Gasteiger partial charge in [0.25, 0.3) is 0 Å². The zero-order valence-corrected chi connectivity index (χ0v) is 14.8. The van der Waals surface area contributed by atoms with E-state index in [1.807, 2.05) is 0 Å². The minimum Gasteiger partial charge on any atom is -0.378 e. The maximum atomic E-state index is 13.5. The Morgan fingerprint density at radius 3 is 2.56 bits per heavy atom. The van der Waals surface area contributed by atoms with E-state index in [9.17, 15) is 8.78 Å². The van der Waals surface area contributed by atoms with Crippen LogP contribution >= 0.6 is 0 Å². The minimum absolute atomic E-state index is 0.134. The second kappa shape index (κ2) is 6.93. The molecule has 2 saturated carbocycles. The number of hydrogen-bond donors (Lipinski definition) is 0. The van der Waals surface area contributed by atoms with Gasteiger partial charge in [-0.1, -0.05) is 0 Å². The second-order valence-corrected chi connectivity index (χ2v) is 7.96. The fourth-order valence-corrected chi connectivity index (χ4v) is 4.59. The summed E-state index contributed by atoms with van der Waals surface area (Å²) in [5.74, 6) is -0.257. The van der Waals surface area contributed by atoms with Crippen LogP contribution in [0, 0.1) is 17.6 Å². The molecule has 0 bridgehead atoms. The smallest absolute Gasteiger partial charge is 0.126 e. The van der Waals surface area contributed by atoms with E-state index in [1.54, 1.807) is 7.11 Å². The van der Waals surface area contributed by atoms with E-state index in [-0.39, 0.29) is 17.7 Å². The lowest BCUT2D eigenvalue weighted by Gasteiger charge is -2.43.